The van der Waals surface area contributed by atoms with E-state index in [4.69, 9.17) is 0 Å². The third kappa shape index (κ3) is 3.81. The number of aromatic nitrogens is 1. The second kappa shape index (κ2) is 6.21. The average molecular weight is 337 g/mol. The van der Waals surface area contributed by atoms with E-state index in [0.29, 0.717) is 0 Å². The zero-order valence-electron chi connectivity index (χ0n) is 10.6. The van der Waals surface area contributed by atoms with Crippen molar-refractivity contribution >= 4 is 39.3 Å². The van der Waals surface area contributed by atoms with Crippen LogP contribution in [0.25, 0.3) is 0 Å². The van der Waals surface area contributed by atoms with E-state index in [1.807, 2.05) is 37.3 Å². The van der Waals surface area contributed by atoms with Gasteiger partial charge in [-0.2, -0.15) is 0 Å². The first-order valence-electron chi connectivity index (χ1n) is 5.73. The Hall–Kier alpha value is -1.33. The number of nitrogens with one attached hydrogen (secondary N) is 1. The van der Waals surface area contributed by atoms with Crippen molar-refractivity contribution in [1.82, 2.24) is 4.98 Å². The number of hydrogen-bond donors (Lipinski definition) is 1. The Labute approximate surface area is 125 Å². The predicted molar refractivity (Wildman–Crippen MR) is 81.5 cm³/mol. The SMILES string of the molecule is CC(=O)Nc1ccc(Sc2nccc(C)c2Br)cc1. The number of nitrogens with zero attached hydrogens (tertiary/aromatic N) is 1. The number of amides is 1. The molecule has 0 aliphatic rings. The maximum absolute atomic E-state index is 10.9. The molecule has 1 aromatic heterocycles. The van der Waals surface area contributed by atoms with Crippen molar-refractivity contribution in [2.45, 2.75) is 23.8 Å². The van der Waals surface area contributed by atoms with Gasteiger partial charge in [0.2, 0.25) is 5.91 Å². The van der Waals surface area contributed by atoms with Crippen LogP contribution in [0.2, 0.25) is 0 Å². The molecule has 98 valence electrons. The van der Waals surface area contributed by atoms with Gasteiger partial charge in [0.25, 0.3) is 0 Å². The maximum Gasteiger partial charge on any atom is 0.221 e. The van der Waals surface area contributed by atoms with Gasteiger partial charge in [-0.3, -0.25) is 4.79 Å². The average Bonchev–Trinajstić information content (AvgIpc) is 2.37. The molecule has 1 amide bonds. The zero-order chi connectivity index (χ0) is 13.8. The van der Waals surface area contributed by atoms with E-state index in [1.54, 1.807) is 18.0 Å². The number of carbonyl (C=O) groups excluding carboxylic acids is 1. The highest BCUT2D eigenvalue weighted by Crippen LogP contribution is 2.33. The highest BCUT2D eigenvalue weighted by Gasteiger charge is 2.06. The van der Waals surface area contributed by atoms with Crippen molar-refractivity contribution in [3.8, 4) is 0 Å². The molecule has 0 saturated carbocycles. The summed E-state index contributed by atoms with van der Waals surface area (Å²) in [7, 11) is 0. The van der Waals surface area contributed by atoms with Gasteiger partial charge in [0.1, 0.15) is 5.03 Å². The highest BCUT2D eigenvalue weighted by atomic mass is 79.9. The molecule has 1 N–H and O–H groups in total. The van der Waals surface area contributed by atoms with Crippen LogP contribution in [0.5, 0.6) is 0 Å². The van der Waals surface area contributed by atoms with Gasteiger partial charge in [-0.25, -0.2) is 4.98 Å². The number of aryl methyl sites for hydroxylation is 1. The third-order valence-electron chi connectivity index (χ3n) is 2.44. The van der Waals surface area contributed by atoms with Crippen LogP contribution < -0.4 is 5.32 Å². The smallest absolute Gasteiger partial charge is 0.221 e. The van der Waals surface area contributed by atoms with E-state index in [1.165, 1.54) is 6.92 Å². The molecule has 0 atom stereocenters. The van der Waals surface area contributed by atoms with Crippen LogP contribution in [0.15, 0.2) is 50.9 Å². The summed E-state index contributed by atoms with van der Waals surface area (Å²) in [6.45, 7) is 3.53. The lowest BCUT2D eigenvalue weighted by atomic mass is 10.3. The second-order valence-electron chi connectivity index (χ2n) is 4.05. The van der Waals surface area contributed by atoms with Gasteiger partial charge in [-0.1, -0.05) is 11.8 Å². The van der Waals surface area contributed by atoms with Crippen molar-refractivity contribution in [3.63, 3.8) is 0 Å². The largest absolute Gasteiger partial charge is 0.326 e. The predicted octanol–water partition coefficient (Wildman–Crippen LogP) is 4.26. The maximum atomic E-state index is 10.9. The van der Waals surface area contributed by atoms with E-state index in [-0.39, 0.29) is 5.91 Å². The molecule has 0 unspecified atom stereocenters. The zero-order valence-corrected chi connectivity index (χ0v) is 13.0. The number of pyridine rings is 1. The molecular formula is C14H13BrN2OS. The molecule has 19 heavy (non-hydrogen) atoms. The Balaban J connectivity index is 2.15. The normalized spacial score (nSPS) is 10.3. The number of rotatable bonds is 3. The standard InChI is InChI=1S/C14H13BrN2OS/c1-9-7-8-16-14(13(9)15)19-12-5-3-11(4-6-12)17-10(2)18/h3-8H,1-2H3,(H,17,18). The molecule has 1 aromatic carbocycles. The number of anilines is 1. The molecule has 2 aromatic rings. The molecule has 2 rings (SSSR count). The fourth-order valence-corrected chi connectivity index (χ4v) is 2.84. The van der Waals surface area contributed by atoms with E-state index in [2.05, 4.69) is 26.2 Å². The number of carbonyl (C=O) groups is 1. The Kier molecular flexibility index (Phi) is 4.61. The summed E-state index contributed by atoms with van der Waals surface area (Å²) >= 11 is 5.13. The number of benzene rings is 1. The third-order valence-corrected chi connectivity index (χ3v) is 4.71. The summed E-state index contributed by atoms with van der Waals surface area (Å²) in [5, 5.41) is 3.68. The lowest BCUT2D eigenvalue weighted by Gasteiger charge is -2.06. The van der Waals surface area contributed by atoms with Crippen molar-refractivity contribution < 1.29 is 4.79 Å². The summed E-state index contributed by atoms with van der Waals surface area (Å²) in [6.07, 6.45) is 1.80. The molecule has 0 aliphatic heterocycles. The first kappa shape index (κ1) is 14.1. The van der Waals surface area contributed by atoms with Gasteiger partial charge < -0.3 is 5.32 Å². The summed E-state index contributed by atoms with van der Waals surface area (Å²) in [4.78, 5) is 16.4. The Morgan fingerprint density at radius 1 is 1.26 bits per heavy atom. The molecule has 1 heterocycles. The van der Waals surface area contributed by atoms with Crippen LogP contribution in [0.3, 0.4) is 0 Å². The van der Waals surface area contributed by atoms with Crippen LogP contribution in [0.1, 0.15) is 12.5 Å². The number of hydrogen-bond acceptors (Lipinski definition) is 3. The fourth-order valence-electron chi connectivity index (χ4n) is 1.51. The van der Waals surface area contributed by atoms with Crippen LogP contribution in [-0.2, 0) is 4.79 Å². The Morgan fingerprint density at radius 2 is 1.95 bits per heavy atom. The molecule has 0 aliphatic carbocycles. The topological polar surface area (TPSA) is 42.0 Å². The molecule has 5 heteroatoms. The summed E-state index contributed by atoms with van der Waals surface area (Å²) in [5.74, 6) is -0.0662. The van der Waals surface area contributed by atoms with Crippen LogP contribution >= 0.6 is 27.7 Å². The molecule has 0 saturated heterocycles. The molecule has 0 bridgehead atoms. The minimum atomic E-state index is -0.0662. The highest BCUT2D eigenvalue weighted by molar-refractivity contribution is 9.10. The van der Waals surface area contributed by atoms with Gasteiger partial charge in [-0.15, -0.1) is 0 Å². The van der Waals surface area contributed by atoms with E-state index in [0.717, 1.165) is 25.6 Å². The summed E-state index contributed by atoms with van der Waals surface area (Å²) in [6, 6.07) is 9.66. The Bertz CT molecular complexity index is 599. The molecule has 0 fully saturated rings. The molecular weight excluding hydrogens is 324 g/mol. The number of halogens is 1. The lowest BCUT2D eigenvalue weighted by molar-refractivity contribution is -0.114. The molecule has 0 spiro atoms. The van der Waals surface area contributed by atoms with Crippen molar-refractivity contribution in [1.29, 1.82) is 0 Å². The van der Waals surface area contributed by atoms with Crippen LogP contribution in [-0.4, -0.2) is 10.9 Å². The second-order valence-corrected chi connectivity index (χ2v) is 5.91. The van der Waals surface area contributed by atoms with Crippen LogP contribution in [0.4, 0.5) is 5.69 Å². The Morgan fingerprint density at radius 3 is 2.58 bits per heavy atom. The van der Waals surface area contributed by atoms with E-state index < -0.39 is 0 Å². The minimum absolute atomic E-state index is 0.0662. The summed E-state index contributed by atoms with van der Waals surface area (Å²) in [5.41, 5.74) is 1.96. The quantitative estimate of drug-likeness (QED) is 0.910. The fraction of sp³-hybridized carbons (Fsp3) is 0.143. The minimum Gasteiger partial charge on any atom is -0.326 e. The first-order valence-corrected chi connectivity index (χ1v) is 7.34. The van der Waals surface area contributed by atoms with Crippen molar-refractivity contribution in [2.24, 2.45) is 0 Å². The van der Waals surface area contributed by atoms with Gasteiger partial charge in [0.15, 0.2) is 0 Å². The first-order chi connectivity index (χ1) is 9.06. The van der Waals surface area contributed by atoms with Gasteiger partial charge >= 0.3 is 0 Å². The van der Waals surface area contributed by atoms with Crippen LogP contribution in [0, 0.1) is 6.92 Å². The van der Waals surface area contributed by atoms with E-state index >= 15 is 0 Å². The van der Waals surface area contributed by atoms with E-state index in [9.17, 15) is 4.79 Å². The van der Waals surface area contributed by atoms with Crippen molar-refractivity contribution in [2.75, 3.05) is 5.32 Å². The van der Waals surface area contributed by atoms with Gasteiger partial charge in [0.05, 0.1) is 4.47 Å². The lowest BCUT2D eigenvalue weighted by Crippen LogP contribution is -2.05. The van der Waals surface area contributed by atoms with Crippen molar-refractivity contribution in [3.05, 3.63) is 46.6 Å². The molecule has 3 nitrogen and oxygen atoms in total. The van der Waals surface area contributed by atoms with Gasteiger partial charge in [0, 0.05) is 23.7 Å². The monoisotopic (exact) mass is 336 g/mol. The molecule has 0 radical (unpaired) electrons. The van der Waals surface area contributed by atoms with Gasteiger partial charge in [-0.05, 0) is 58.7 Å². The summed E-state index contributed by atoms with van der Waals surface area (Å²) < 4.78 is 1.02.